The van der Waals surface area contributed by atoms with Crippen molar-refractivity contribution in [3.63, 3.8) is 0 Å². The Morgan fingerprint density at radius 3 is 2.28 bits per heavy atom. The molecular formula is C15H25NO2. The molecule has 0 aliphatic heterocycles. The molecule has 0 spiro atoms. The molecule has 18 heavy (non-hydrogen) atoms. The van der Waals surface area contributed by atoms with Gasteiger partial charge in [0.1, 0.15) is 11.4 Å². The molecule has 0 bridgehead atoms. The van der Waals surface area contributed by atoms with Crippen LogP contribution in [0.4, 0.5) is 5.69 Å². The number of anilines is 1. The SMILES string of the molecule is CC(C)(C)Oc1ccc(NCCCCCO)cc1. The Hall–Kier alpha value is -1.22. The molecule has 0 aliphatic carbocycles. The third-order valence-electron chi connectivity index (χ3n) is 2.44. The van der Waals surface area contributed by atoms with Gasteiger partial charge in [0, 0.05) is 18.8 Å². The fraction of sp³-hybridized carbons (Fsp3) is 0.600. The van der Waals surface area contributed by atoms with E-state index in [2.05, 4.69) is 5.32 Å². The summed E-state index contributed by atoms with van der Waals surface area (Å²) >= 11 is 0. The van der Waals surface area contributed by atoms with Crippen LogP contribution in [0.15, 0.2) is 24.3 Å². The molecule has 102 valence electrons. The van der Waals surface area contributed by atoms with E-state index in [4.69, 9.17) is 9.84 Å². The van der Waals surface area contributed by atoms with Crippen LogP contribution in [0.25, 0.3) is 0 Å². The number of nitrogens with one attached hydrogen (secondary N) is 1. The number of benzene rings is 1. The summed E-state index contributed by atoms with van der Waals surface area (Å²) in [7, 11) is 0. The highest BCUT2D eigenvalue weighted by atomic mass is 16.5. The summed E-state index contributed by atoms with van der Waals surface area (Å²) in [5.41, 5.74) is 0.958. The number of unbranched alkanes of at least 4 members (excludes halogenated alkanes) is 2. The predicted molar refractivity (Wildman–Crippen MR) is 76.2 cm³/mol. The van der Waals surface area contributed by atoms with Gasteiger partial charge in [-0.05, 0) is 64.3 Å². The second kappa shape index (κ2) is 7.27. The number of hydrogen-bond donors (Lipinski definition) is 2. The molecule has 3 heteroatoms. The Kier molecular flexibility index (Phi) is 5.99. The van der Waals surface area contributed by atoms with Gasteiger partial charge in [-0.15, -0.1) is 0 Å². The topological polar surface area (TPSA) is 41.5 Å². The van der Waals surface area contributed by atoms with Gasteiger partial charge < -0.3 is 15.2 Å². The van der Waals surface area contributed by atoms with E-state index in [1.165, 1.54) is 0 Å². The van der Waals surface area contributed by atoms with Gasteiger partial charge in [-0.25, -0.2) is 0 Å². The van der Waals surface area contributed by atoms with Gasteiger partial charge >= 0.3 is 0 Å². The first-order valence-corrected chi connectivity index (χ1v) is 6.65. The molecule has 0 aliphatic rings. The smallest absolute Gasteiger partial charge is 0.120 e. The minimum atomic E-state index is -0.154. The first kappa shape index (κ1) is 14.8. The fourth-order valence-corrected chi connectivity index (χ4v) is 1.64. The van der Waals surface area contributed by atoms with E-state index >= 15 is 0 Å². The van der Waals surface area contributed by atoms with E-state index in [1.54, 1.807) is 0 Å². The molecule has 0 atom stereocenters. The molecule has 2 N–H and O–H groups in total. The van der Waals surface area contributed by atoms with Gasteiger partial charge in [-0.2, -0.15) is 0 Å². The predicted octanol–water partition coefficient (Wildman–Crippen LogP) is 3.44. The third kappa shape index (κ3) is 6.50. The van der Waals surface area contributed by atoms with Crippen LogP contribution >= 0.6 is 0 Å². The largest absolute Gasteiger partial charge is 0.488 e. The van der Waals surface area contributed by atoms with Crippen molar-refractivity contribution in [1.29, 1.82) is 0 Å². The standard InChI is InChI=1S/C15H25NO2/c1-15(2,3)18-14-9-7-13(8-10-14)16-11-5-4-6-12-17/h7-10,16-17H,4-6,11-12H2,1-3H3. The molecule has 0 fully saturated rings. The summed E-state index contributed by atoms with van der Waals surface area (Å²) < 4.78 is 5.76. The average Bonchev–Trinajstić information content (AvgIpc) is 2.29. The Morgan fingerprint density at radius 1 is 1.06 bits per heavy atom. The van der Waals surface area contributed by atoms with Gasteiger partial charge in [0.15, 0.2) is 0 Å². The van der Waals surface area contributed by atoms with Crippen LogP contribution in [-0.2, 0) is 0 Å². The van der Waals surface area contributed by atoms with Gasteiger partial charge in [0.05, 0.1) is 0 Å². The maximum Gasteiger partial charge on any atom is 0.120 e. The summed E-state index contributed by atoms with van der Waals surface area (Å²) in [4.78, 5) is 0. The van der Waals surface area contributed by atoms with Crippen molar-refractivity contribution in [2.75, 3.05) is 18.5 Å². The zero-order valence-corrected chi connectivity index (χ0v) is 11.7. The van der Waals surface area contributed by atoms with Crippen molar-refractivity contribution < 1.29 is 9.84 Å². The Balaban J connectivity index is 2.32. The average molecular weight is 251 g/mol. The van der Waals surface area contributed by atoms with Crippen LogP contribution in [0.5, 0.6) is 5.75 Å². The third-order valence-corrected chi connectivity index (χ3v) is 2.44. The first-order valence-electron chi connectivity index (χ1n) is 6.65. The normalized spacial score (nSPS) is 11.3. The van der Waals surface area contributed by atoms with Gasteiger partial charge in [0.25, 0.3) is 0 Å². The minimum absolute atomic E-state index is 0.154. The van der Waals surface area contributed by atoms with Gasteiger partial charge in [-0.3, -0.25) is 0 Å². The lowest BCUT2D eigenvalue weighted by atomic mass is 10.2. The van der Waals surface area contributed by atoms with E-state index in [0.717, 1.165) is 37.2 Å². The highest BCUT2D eigenvalue weighted by Gasteiger charge is 2.11. The second-order valence-electron chi connectivity index (χ2n) is 5.45. The first-order chi connectivity index (χ1) is 8.51. The van der Waals surface area contributed by atoms with Gasteiger partial charge in [0.2, 0.25) is 0 Å². The molecule has 0 saturated carbocycles. The van der Waals surface area contributed by atoms with Crippen LogP contribution in [0.2, 0.25) is 0 Å². The zero-order chi connectivity index (χ0) is 13.4. The maximum absolute atomic E-state index is 8.67. The van der Waals surface area contributed by atoms with Crippen molar-refractivity contribution in [1.82, 2.24) is 0 Å². The molecule has 3 nitrogen and oxygen atoms in total. The highest BCUT2D eigenvalue weighted by Crippen LogP contribution is 2.20. The van der Waals surface area contributed by atoms with Crippen LogP contribution in [0.3, 0.4) is 0 Å². The quantitative estimate of drug-likeness (QED) is 0.729. The van der Waals surface area contributed by atoms with E-state index in [9.17, 15) is 0 Å². The molecule has 0 heterocycles. The molecule has 0 saturated heterocycles. The molecule has 0 radical (unpaired) electrons. The lowest BCUT2D eigenvalue weighted by Gasteiger charge is -2.21. The van der Waals surface area contributed by atoms with Crippen LogP contribution in [-0.4, -0.2) is 23.9 Å². The van der Waals surface area contributed by atoms with Crippen LogP contribution < -0.4 is 10.1 Å². The highest BCUT2D eigenvalue weighted by molar-refractivity contribution is 5.46. The van der Waals surface area contributed by atoms with E-state index in [0.29, 0.717) is 6.61 Å². The molecule has 1 rings (SSSR count). The molecule has 1 aromatic carbocycles. The van der Waals surface area contributed by atoms with Crippen LogP contribution in [0.1, 0.15) is 40.0 Å². The molecular weight excluding hydrogens is 226 g/mol. The number of hydrogen-bond acceptors (Lipinski definition) is 3. The number of aliphatic hydroxyl groups excluding tert-OH is 1. The summed E-state index contributed by atoms with van der Waals surface area (Å²) in [5, 5.41) is 12.0. The number of aliphatic hydroxyl groups is 1. The van der Waals surface area contributed by atoms with Crippen LogP contribution in [0, 0.1) is 0 Å². The van der Waals surface area contributed by atoms with E-state index in [1.807, 2.05) is 45.0 Å². The molecule has 0 unspecified atom stereocenters. The van der Waals surface area contributed by atoms with Crippen molar-refractivity contribution in [3.05, 3.63) is 24.3 Å². The Bertz CT molecular complexity index is 327. The molecule has 0 amide bonds. The lowest BCUT2D eigenvalue weighted by molar-refractivity contribution is 0.131. The summed E-state index contributed by atoms with van der Waals surface area (Å²) in [6, 6.07) is 8.04. The lowest BCUT2D eigenvalue weighted by Crippen LogP contribution is -2.22. The number of rotatable bonds is 7. The Labute approximate surface area is 110 Å². The summed E-state index contributed by atoms with van der Waals surface area (Å²) in [6.07, 6.45) is 3.04. The maximum atomic E-state index is 8.67. The fourth-order valence-electron chi connectivity index (χ4n) is 1.64. The van der Waals surface area contributed by atoms with Crippen molar-refractivity contribution >= 4 is 5.69 Å². The van der Waals surface area contributed by atoms with E-state index in [-0.39, 0.29) is 5.60 Å². The van der Waals surface area contributed by atoms with Crippen molar-refractivity contribution in [2.45, 2.75) is 45.6 Å². The molecule has 1 aromatic rings. The molecule has 0 aromatic heterocycles. The number of ether oxygens (including phenoxy) is 1. The zero-order valence-electron chi connectivity index (χ0n) is 11.7. The second-order valence-corrected chi connectivity index (χ2v) is 5.45. The van der Waals surface area contributed by atoms with E-state index < -0.39 is 0 Å². The Morgan fingerprint density at radius 2 is 1.72 bits per heavy atom. The van der Waals surface area contributed by atoms with Crippen molar-refractivity contribution in [2.24, 2.45) is 0 Å². The monoisotopic (exact) mass is 251 g/mol. The summed E-state index contributed by atoms with van der Waals surface area (Å²) in [6.45, 7) is 7.36. The minimum Gasteiger partial charge on any atom is -0.488 e. The summed E-state index contributed by atoms with van der Waals surface area (Å²) in [5.74, 6) is 0.897. The van der Waals surface area contributed by atoms with Crippen molar-refractivity contribution in [3.8, 4) is 5.75 Å². The van der Waals surface area contributed by atoms with Gasteiger partial charge in [-0.1, -0.05) is 0 Å².